The van der Waals surface area contributed by atoms with Crippen molar-refractivity contribution in [2.24, 2.45) is 5.92 Å². The van der Waals surface area contributed by atoms with Crippen LogP contribution in [0, 0.1) is 30.3 Å². The van der Waals surface area contributed by atoms with E-state index in [1.165, 1.54) is 19.1 Å². The number of amides is 2. The zero-order valence-electron chi connectivity index (χ0n) is 18.2. The number of alkyl halides is 3. The summed E-state index contributed by atoms with van der Waals surface area (Å²) in [5, 5.41) is 1.97. The van der Waals surface area contributed by atoms with Crippen LogP contribution >= 0.6 is 11.8 Å². The highest BCUT2D eigenvalue weighted by Gasteiger charge is 2.29. The molecule has 0 aliphatic rings. The number of carbonyl (C=O) groups excluding carboxylic acids is 2. The van der Waals surface area contributed by atoms with Crippen LogP contribution in [0.3, 0.4) is 0 Å². The molecule has 0 saturated heterocycles. The van der Waals surface area contributed by atoms with Crippen LogP contribution in [0.1, 0.15) is 50.0 Å². The van der Waals surface area contributed by atoms with Gasteiger partial charge in [-0.25, -0.2) is 13.2 Å². The monoisotopic (exact) mass is 481 g/mol. The lowest BCUT2D eigenvalue weighted by Crippen LogP contribution is -2.35. The number of benzene rings is 2. The number of imide groups is 1. The van der Waals surface area contributed by atoms with E-state index in [0.717, 1.165) is 24.3 Å². The van der Waals surface area contributed by atoms with Gasteiger partial charge in [0.15, 0.2) is 0 Å². The molecule has 178 valence electrons. The summed E-state index contributed by atoms with van der Waals surface area (Å²) in [7, 11) is 0. The Morgan fingerprint density at radius 3 is 1.97 bits per heavy atom. The summed E-state index contributed by atoms with van der Waals surface area (Å²) in [5.41, 5.74) is -4.75. The third-order valence-corrected chi connectivity index (χ3v) is 4.58. The Bertz CT molecular complexity index is 882. The van der Waals surface area contributed by atoms with Crippen molar-refractivity contribution in [3.63, 3.8) is 0 Å². The second-order valence-electron chi connectivity index (χ2n) is 6.18. The molecule has 0 spiro atoms. The summed E-state index contributed by atoms with van der Waals surface area (Å²) in [6.45, 7) is 8.90. The standard InChI is InChI=1S/C12H13F2NO2.C8H6F4S.C2H6/c1-3-7(2)11(16)15-12(17)10-8(13)5-4-6-9(10)14;1-5-2-3-6(4-7(5)9)13-8(10,11)12;1-2/h4-7H,3H2,1-2H3,(H,15,16,17);2-4H,1H3;1-2H3. The largest absolute Gasteiger partial charge is 0.446 e. The van der Waals surface area contributed by atoms with Crippen molar-refractivity contribution >= 4 is 23.6 Å². The molecule has 0 radical (unpaired) electrons. The fraction of sp³-hybridized carbons (Fsp3) is 0.364. The molecule has 1 unspecified atom stereocenters. The normalized spacial score (nSPS) is 11.3. The van der Waals surface area contributed by atoms with E-state index < -0.39 is 40.3 Å². The Morgan fingerprint density at radius 2 is 1.53 bits per heavy atom. The van der Waals surface area contributed by atoms with Gasteiger partial charge in [-0.1, -0.05) is 39.8 Å². The molecule has 0 aromatic heterocycles. The first-order valence-electron chi connectivity index (χ1n) is 9.66. The third kappa shape index (κ3) is 10.2. The van der Waals surface area contributed by atoms with Crippen molar-refractivity contribution in [3.8, 4) is 0 Å². The van der Waals surface area contributed by atoms with E-state index in [1.54, 1.807) is 13.8 Å². The highest BCUT2D eigenvalue weighted by molar-refractivity contribution is 8.00. The van der Waals surface area contributed by atoms with Crippen LogP contribution in [0.25, 0.3) is 0 Å². The summed E-state index contributed by atoms with van der Waals surface area (Å²) in [6, 6.07) is 6.53. The highest BCUT2D eigenvalue weighted by atomic mass is 32.2. The van der Waals surface area contributed by atoms with Crippen molar-refractivity contribution in [2.45, 2.75) is 51.4 Å². The number of aryl methyl sites for hydroxylation is 1. The van der Waals surface area contributed by atoms with Crippen molar-refractivity contribution < 1.29 is 35.9 Å². The molecule has 0 saturated carbocycles. The molecule has 1 N–H and O–H groups in total. The van der Waals surface area contributed by atoms with Crippen LogP contribution in [-0.2, 0) is 4.79 Å². The summed E-state index contributed by atoms with van der Waals surface area (Å²) in [4.78, 5) is 22.8. The predicted molar refractivity (Wildman–Crippen MR) is 113 cm³/mol. The lowest BCUT2D eigenvalue weighted by Gasteiger charge is -2.09. The molecule has 0 aliphatic carbocycles. The number of thioether (sulfide) groups is 1. The lowest BCUT2D eigenvalue weighted by atomic mass is 10.1. The maximum absolute atomic E-state index is 13.2. The molecule has 2 rings (SSSR count). The van der Waals surface area contributed by atoms with E-state index in [2.05, 4.69) is 0 Å². The number of rotatable bonds is 4. The van der Waals surface area contributed by atoms with Gasteiger partial charge in [0, 0.05) is 10.8 Å². The van der Waals surface area contributed by atoms with E-state index in [9.17, 15) is 35.9 Å². The Balaban J connectivity index is 0.000000574. The molecule has 0 heterocycles. The van der Waals surface area contributed by atoms with E-state index in [1.807, 2.05) is 19.2 Å². The summed E-state index contributed by atoms with van der Waals surface area (Å²) in [5.74, 6) is -4.56. The number of carbonyl (C=O) groups is 2. The molecule has 0 fully saturated rings. The highest BCUT2D eigenvalue weighted by Crippen LogP contribution is 2.37. The van der Waals surface area contributed by atoms with Gasteiger partial charge in [0.1, 0.15) is 23.0 Å². The van der Waals surface area contributed by atoms with E-state index in [4.69, 9.17) is 0 Å². The fourth-order valence-electron chi connectivity index (χ4n) is 1.97. The van der Waals surface area contributed by atoms with Crippen LogP contribution in [0.4, 0.5) is 26.3 Å². The Morgan fingerprint density at radius 1 is 1.00 bits per heavy atom. The number of hydrogen-bond donors (Lipinski definition) is 1. The van der Waals surface area contributed by atoms with E-state index in [0.29, 0.717) is 12.0 Å². The number of halogens is 6. The fourth-order valence-corrected chi connectivity index (χ4v) is 2.53. The van der Waals surface area contributed by atoms with Gasteiger partial charge < -0.3 is 0 Å². The molecular weight excluding hydrogens is 456 g/mol. The van der Waals surface area contributed by atoms with Gasteiger partial charge in [0.25, 0.3) is 5.91 Å². The third-order valence-electron chi connectivity index (χ3n) is 3.86. The van der Waals surface area contributed by atoms with Gasteiger partial charge in [-0.3, -0.25) is 14.9 Å². The predicted octanol–water partition coefficient (Wildman–Crippen LogP) is 7.04. The second-order valence-corrected chi connectivity index (χ2v) is 7.32. The topological polar surface area (TPSA) is 46.2 Å². The Labute approximate surface area is 187 Å². The van der Waals surface area contributed by atoms with E-state index in [-0.39, 0.29) is 22.6 Å². The molecule has 2 aromatic rings. The first-order valence-corrected chi connectivity index (χ1v) is 10.5. The van der Waals surface area contributed by atoms with E-state index >= 15 is 0 Å². The van der Waals surface area contributed by atoms with Crippen molar-refractivity contribution in [1.29, 1.82) is 0 Å². The smallest absolute Gasteiger partial charge is 0.292 e. The van der Waals surface area contributed by atoms with Crippen LogP contribution in [0.2, 0.25) is 0 Å². The first-order chi connectivity index (χ1) is 14.9. The van der Waals surface area contributed by atoms with Gasteiger partial charge in [-0.05, 0) is 54.9 Å². The average Bonchev–Trinajstić information content (AvgIpc) is 2.71. The Hall–Kier alpha value is -2.49. The minimum Gasteiger partial charge on any atom is -0.292 e. The van der Waals surface area contributed by atoms with Gasteiger partial charge in [0.2, 0.25) is 5.91 Å². The number of nitrogens with one attached hydrogen (secondary N) is 1. The van der Waals surface area contributed by atoms with Crippen molar-refractivity contribution in [1.82, 2.24) is 5.32 Å². The van der Waals surface area contributed by atoms with Gasteiger partial charge in [0.05, 0.1) is 0 Å². The number of hydrogen-bond acceptors (Lipinski definition) is 3. The maximum atomic E-state index is 13.2. The molecule has 32 heavy (non-hydrogen) atoms. The maximum Gasteiger partial charge on any atom is 0.446 e. The van der Waals surface area contributed by atoms with Gasteiger partial charge in [-0.15, -0.1) is 0 Å². The summed E-state index contributed by atoms with van der Waals surface area (Å²) >= 11 is -0.316. The molecule has 10 heteroatoms. The van der Waals surface area contributed by atoms with Crippen molar-refractivity contribution in [2.75, 3.05) is 0 Å². The molecule has 3 nitrogen and oxygen atoms in total. The molecule has 2 aromatic carbocycles. The molecule has 1 atom stereocenters. The molecular formula is C22H25F6NO2S. The zero-order valence-corrected chi connectivity index (χ0v) is 19.1. The zero-order chi connectivity index (χ0) is 25.1. The van der Waals surface area contributed by atoms with Crippen LogP contribution < -0.4 is 5.32 Å². The first kappa shape index (κ1) is 29.5. The SMILES string of the molecule is CC.CCC(C)C(=O)NC(=O)c1c(F)cccc1F.Cc1ccc(SC(F)(F)F)cc1F. The van der Waals surface area contributed by atoms with Crippen LogP contribution in [0.5, 0.6) is 0 Å². The van der Waals surface area contributed by atoms with Crippen molar-refractivity contribution in [3.05, 3.63) is 65.0 Å². The van der Waals surface area contributed by atoms with Gasteiger partial charge in [-0.2, -0.15) is 13.2 Å². The quantitative estimate of drug-likeness (QED) is 0.376. The minimum atomic E-state index is -4.36. The van der Waals surface area contributed by atoms with Gasteiger partial charge >= 0.3 is 5.51 Å². The molecule has 0 aliphatic heterocycles. The van der Waals surface area contributed by atoms with Crippen LogP contribution in [0.15, 0.2) is 41.3 Å². The minimum absolute atomic E-state index is 0.129. The van der Waals surface area contributed by atoms with Crippen LogP contribution in [-0.4, -0.2) is 17.3 Å². The molecule has 0 bridgehead atoms. The molecule has 2 amide bonds. The lowest BCUT2D eigenvalue weighted by molar-refractivity contribution is -0.123. The average molecular weight is 482 g/mol. The summed E-state index contributed by atoms with van der Waals surface area (Å²) < 4.78 is 74.7. The Kier molecular flexibility index (Phi) is 12.7. The summed E-state index contributed by atoms with van der Waals surface area (Å²) in [6.07, 6.45) is 0.541. The second kappa shape index (κ2) is 13.8.